The number of aliphatic hydroxyl groups is 1. The molecule has 0 amide bonds. The zero-order chi connectivity index (χ0) is 28.7. The Balaban J connectivity index is 1.60. The van der Waals surface area contributed by atoms with Gasteiger partial charge in [-0.1, -0.05) is 97.9 Å². The molecule has 3 aliphatic rings. The lowest BCUT2D eigenvalue weighted by Crippen LogP contribution is -2.50. The van der Waals surface area contributed by atoms with Gasteiger partial charge in [0, 0.05) is 0 Å². The van der Waals surface area contributed by atoms with E-state index in [4.69, 9.17) is 4.74 Å². The lowest BCUT2D eigenvalue weighted by Gasteiger charge is -2.39. The molecule has 2 unspecified atom stereocenters. The molecule has 0 aliphatic heterocycles. The highest BCUT2D eigenvalue weighted by Crippen LogP contribution is 2.64. The van der Waals surface area contributed by atoms with E-state index >= 15 is 0 Å². The van der Waals surface area contributed by atoms with E-state index in [9.17, 15) is 5.11 Å². The van der Waals surface area contributed by atoms with Gasteiger partial charge in [-0.05, 0) is 107 Å². The maximum absolute atomic E-state index is 11.0. The molecule has 204 valence electrons. The Morgan fingerprint density at radius 2 is 1.49 bits per heavy atom. The van der Waals surface area contributed by atoms with Gasteiger partial charge in [-0.15, -0.1) is 0 Å². The minimum absolute atomic E-state index is 0.400. The molecule has 0 fully saturated rings. The predicted octanol–water partition coefficient (Wildman–Crippen LogP) is 7.22. The summed E-state index contributed by atoms with van der Waals surface area (Å²) in [5, 5.41) is 11.0. The minimum atomic E-state index is -1.02. The Bertz CT molecular complexity index is 1770. The number of hydrogen-bond acceptors (Lipinski definition) is 2. The highest BCUT2D eigenvalue weighted by Gasteiger charge is 2.54. The first-order valence-corrected chi connectivity index (χ1v) is 14.8. The molecule has 1 spiro atoms. The van der Waals surface area contributed by atoms with Crippen LogP contribution in [0.2, 0.25) is 0 Å². The van der Waals surface area contributed by atoms with Gasteiger partial charge >= 0.3 is 0 Å². The third kappa shape index (κ3) is 3.55. The summed E-state index contributed by atoms with van der Waals surface area (Å²) in [6.07, 6.45) is 5.74. The quantitative estimate of drug-likeness (QED) is 0.279. The summed E-state index contributed by atoms with van der Waals surface area (Å²) in [4.78, 5) is 0. The molecule has 0 aromatic heterocycles. The van der Waals surface area contributed by atoms with Crippen LogP contribution in [0.4, 0.5) is 0 Å². The average Bonchev–Trinajstić information content (AvgIpc) is 3.41. The van der Waals surface area contributed by atoms with E-state index in [1.165, 1.54) is 55.7 Å². The number of benzene rings is 4. The van der Waals surface area contributed by atoms with Crippen molar-refractivity contribution in [1.82, 2.24) is 0 Å². The van der Waals surface area contributed by atoms with Crippen molar-refractivity contribution in [2.24, 2.45) is 5.92 Å². The SMILES string of the molecule is Bc1c(OC(C)(C)C(C)(C)O)ccc2c1C1(C3=C(C=CC(C)C3)c3ccccc31)c1cccc(-c3ccccc3)c1-2. The van der Waals surface area contributed by atoms with E-state index in [0.29, 0.717) is 5.92 Å². The average molecular weight is 537 g/mol. The van der Waals surface area contributed by atoms with E-state index in [-0.39, 0.29) is 0 Å². The van der Waals surface area contributed by atoms with Crippen LogP contribution in [0.15, 0.2) is 103 Å². The second-order valence-electron chi connectivity index (χ2n) is 13.1. The summed E-state index contributed by atoms with van der Waals surface area (Å²) < 4.78 is 6.70. The van der Waals surface area contributed by atoms with Crippen molar-refractivity contribution in [3.63, 3.8) is 0 Å². The van der Waals surface area contributed by atoms with Crippen molar-refractivity contribution in [1.29, 1.82) is 0 Å². The Kier molecular flexibility index (Phi) is 5.63. The van der Waals surface area contributed by atoms with Gasteiger partial charge in [0.15, 0.2) is 0 Å². The van der Waals surface area contributed by atoms with Crippen LogP contribution in [-0.4, -0.2) is 24.2 Å². The van der Waals surface area contributed by atoms with Crippen LogP contribution in [0.3, 0.4) is 0 Å². The smallest absolute Gasteiger partial charge is 0.144 e. The first-order chi connectivity index (χ1) is 19.6. The van der Waals surface area contributed by atoms with Gasteiger partial charge in [-0.25, -0.2) is 0 Å². The molecule has 0 heterocycles. The molecule has 2 nitrogen and oxygen atoms in total. The largest absolute Gasteiger partial charge is 0.485 e. The monoisotopic (exact) mass is 536 g/mol. The van der Waals surface area contributed by atoms with Gasteiger partial charge in [-0.3, -0.25) is 0 Å². The highest BCUT2D eigenvalue weighted by molar-refractivity contribution is 6.37. The molecule has 3 aliphatic carbocycles. The normalized spacial score (nSPS) is 20.6. The molecule has 4 aromatic carbocycles. The number of rotatable bonds is 4. The molecule has 0 saturated carbocycles. The molecule has 0 bridgehead atoms. The van der Waals surface area contributed by atoms with Crippen molar-refractivity contribution in [3.8, 4) is 28.0 Å². The molecule has 1 N–H and O–H groups in total. The van der Waals surface area contributed by atoms with Crippen LogP contribution in [0.25, 0.3) is 27.8 Å². The molecular formula is C38H37BO2. The van der Waals surface area contributed by atoms with Crippen LogP contribution in [0.1, 0.15) is 63.3 Å². The van der Waals surface area contributed by atoms with E-state index < -0.39 is 16.6 Å². The molecule has 41 heavy (non-hydrogen) atoms. The standard InChI is InChI=1S/C38H37BO2/c1-23-18-19-27-26-14-9-10-16-29(26)38(31(27)22-23)30-17-11-15-25(24-12-7-6-8-13-24)33(30)28-20-21-32(35(39)34(28)38)41-37(4,5)36(2,3)40/h6-21,23,40H,22,39H2,1-5H3. The summed E-state index contributed by atoms with van der Waals surface area (Å²) in [7, 11) is 2.22. The molecule has 4 aromatic rings. The van der Waals surface area contributed by atoms with Crippen molar-refractivity contribution in [3.05, 3.63) is 125 Å². The van der Waals surface area contributed by atoms with Crippen LogP contribution in [-0.2, 0) is 5.41 Å². The number of allylic oxidation sites excluding steroid dienone is 4. The predicted molar refractivity (Wildman–Crippen MR) is 173 cm³/mol. The minimum Gasteiger partial charge on any atom is -0.485 e. The maximum atomic E-state index is 11.0. The molecular weight excluding hydrogens is 499 g/mol. The Labute approximate surface area is 244 Å². The zero-order valence-electron chi connectivity index (χ0n) is 24.9. The number of ether oxygens (including phenoxy) is 1. The molecule has 7 rings (SSSR count). The fraction of sp³-hybridized carbons (Fsp3) is 0.263. The van der Waals surface area contributed by atoms with Gasteiger partial charge in [0.1, 0.15) is 19.2 Å². The van der Waals surface area contributed by atoms with Gasteiger partial charge in [0.25, 0.3) is 0 Å². The van der Waals surface area contributed by atoms with Crippen molar-refractivity contribution in [2.45, 2.75) is 57.7 Å². The van der Waals surface area contributed by atoms with Gasteiger partial charge in [-0.2, -0.15) is 0 Å². The summed E-state index contributed by atoms with van der Waals surface area (Å²) in [5.41, 5.74) is 12.2. The summed E-state index contributed by atoms with van der Waals surface area (Å²) in [6.45, 7) is 9.90. The van der Waals surface area contributed by atoms with Gasteiger partial charge in [0.05, 0.1) is 11.0 Å². The van der Waals surface area contributed by atoms with E-state index in [0.717, 1.165) is 17.6 Å². The van der Waals surface area contributed by atoms with Crippen LogP contribution >= 0.6 is 0 Å². The lowest BCUT2D eigenvalue weighted by atomic mass is 9.64. The van der Waals surface area contributed by atoms with Gasteiger partial charge in [0.2, 0.25) is 0 Å². The number of fused-ring (bicyclic) bond motifs is 9. The fourth-order valence-corrected chi connectivity index (χ4v) is 7.31. The second-order valence-corrected chi connectivity index (χ2v) is 13.1. The molecule has 3 heteroatoms. The zero-order valence-corrected chi connectivity index (χ0v) is 24.9. The van der Waals surface area contributed by atoms with Crippen LogP contribution in [0.5, 0.6) is 5.75 Å². The Morgan fingerprint density at radius 3 is 2.24 bits per heavy atom. The van der Waals surface area contributed by atoms with Crippen molar-refractivity contribution < 1.29 is 9.84 Å². The van der Waals surface area contributed by atoms with E-state index in [2.05, 4.69) is 112 Å². The van der Waals surface area contributed by atoms with Crippen molar-refractivity contribution in [2.75, 3.05) is 0 Å². The summed E-state index contributed by atoms with van der Waals surface area (Å²) >= 11 is 0. The van der Waals surface area contributed by atoms with Crippen LogP contribution in [0, 0.1) is 5.92 Å². The van der Waals surface area contributed by atoms with Crippen molar-refractivity contribution >= 4 is 18.9 Å². The third-order valence-corrected chi connectivity index (χ3v) is 9.97. The first-order valence-electron chi connectivity index (χ1n) is 14.8. The highest BCUT2D eigenvalue weighted by atomic mass is 16.5. The van der Waals surface area contributed by atoms with Crippen LogP contribution < -0.4 is 10.2 Å². The topological polar surface area (TPSA) is 29.5 Å². The Morgan fingerprint density at radius 1 is 0.805 bits per heavy atom. The van der Waals surface area contributed by atoms with E-state index in [1.807, 2.05) is 27.7 Å². The van der Waals surface area contributed by atoms with E-state index in [1.54, 1.807) is 0 Å². The molecule has 0 saturated heterocycles. The summed E-state index contributed by atoms with van der Waals surface area (Å²) in [5.74, 6) is 1.29. The summed E-state index contributed by atoms with van der Waals surface area (Å²) in [6, 6.07) is 31.0. The first kappa shape index (κ1) is 26.1. The second kappa shape index (κ2) is 8.84. The lowest BCUT2D eigenvalue weighted by molar-refractivity contribution is -0.0902. The van der Waals surface area contributed by atoms with Gasteiger partial charge < -0.3 is 9.84 Å². The molecule has 2 atom stereocenters. The Hall–Kier alpha value is -3.82. The fourth-order valence-electron chi connectivity index (χ4n) is 7.31. The third-order valence-electron chi connectivity index (χ3n) is 9.97. The maximum Gasteiger partial charge on any atom is 0.144 e. The number of hydrogen-bond donors (Lipinski definition) is 1. The molecule has 0 radical (unpaired) electrons.